The normalized spacial score (nSPS) is 10.9. The van der Waals surface area contributed by atoms with Crippen molar-refractivity contribution in [3.05, 3.63) is 71.7 Å². The molecule has 0 aliphatic carbocycles. The van der Waals surface area contributed by atoms with Gasteiger partial charge in [-0.25, -0.2) is 4.79 Å². The van der Waals surface area contributed by atoms with Crippen LogP contribution >= 0.6 is 0 Å². The van der Waals surface area contributed by atoms with Crippen molar-refractivity contribution in [1.29, 1.82) is 0 Å². The molecule has 0 amide bonds. The Labute approximate surface area is 141 Å². The van der Waals surface area contributed by atoms with E-state index in [0.29, 0.717) is 12.4 Å². The Balaban J connectivity index is 2.13. The Morgan fingerprint density at radius 2 is 1.83 bits per heavy atom. The van der Waals surface area contributed by atoms with E-state index in [4.69, 9.17) is 14.2 Å². The molecule has 2 aromatic carbocycles. The summed E-state index contributed by atoms with van der Waals surface area (Å²) in [4.78, 5) is 11.7. The summed E-state index contributed by atoms with van der Waals surface area (Å²) in [6.07, 6.45) is 1.21. The molecule has 24 heavy (non-hydrogen) atoms. The smallest absolute Gasteiger partial charge is 0.377 e. The second-order valence-corrected chi connectivity index (χ2v) is 5.01. The van der Waals surface area contributed by atoms with Crippen molar-refractivity contribution < 1.29 is 23.7 Å². The fourth-order valence-corrected chi connectivity index (χ4v) is 1.97. The minimum atomic E-state index is -0.609. The molecule has 0 aliphatic rings. The molecule has 2 aromatic rings. The van der Waals surface area contributed by atoms with E-state index in [2.05, 4.69) is 4.74 Å². The quantitative estimate of drug-likeness (QED) is 0.441. The summed E-state index contributed by atoms with van der Waals surface area (Å²) < 4.78 is 20.9. The van der Waals surface area contributed by atoms with Crippen molar-refractivity contribution in [3.63, 3.8) is 0 Å². The Kier molecular flexibility index (Phi) is 6.25. The van der Waals surface area contributed by atoms with E-state index in [1.165, 1.54) is 20.5 Å². The molecule has 5 nitrogen and oxygen atoms in total. The number of aryl methyl sites for hydroxylation is 1. The minimum Gasteiger partial charge on any atom is -0.500 e. The van der Waals surface area contributed by atoms with Gasteiger partial charge in [0.2, 0.25) is 5.76 Å². The monoisotopic (exact) mass is 328 g/mol. The van der Waals surface area contributed by atoms with E-state index in [0.717, 1.165) is 16.9 Å². The van der Waals surface area contributed by atoms with Crippen molar-refractivity contribution in [2.75, 3.05) is 14.2 Å². The first-order chi connectivity index (χ1) is 11.6. The zero-order chi connectivity index (χ0) is 17.4. The SMILES string of the molecule is CO/C=C(\Oc1cc(COc2ccccc2)ccc1C)C(=O)OC. The van der Waals surface area contributed by atoms with Gasteiger partial charge in [-0.05, 0) is 36.2 Å². The first-order valence-corrected chi connectivity index (χ1v) is 7.40. The van der Waals surface area contributed by atoms with Crippen LogP contribution in [0.1, 0.15) is 11.1 Å². The third-order valence-corrected chi connectivity index (χ3v) is 3.23. The van der Waals surface area contributed by atoms with Crippen LogP contribution in [0.5, 0.6) is 11.5 Å². The maximum Gasteiger partial charge on any atom is 0.377 e. The summed E-state index contributed by atoms with van der Waals surface area (Å²) in [5.74, 6) is 0.694. The number of methoxy groups -OCH3 is 2. The molecule has 0 fully saturated rings. The largest absolute Gasteiger partial charge is 0.500 e. The van der Waals surface area contributed by atoms with Gasteiger partial charge < -0.3 is 18.9 Å². The first kappa shape index (κ1) is 17.4. The highest BCUT2D eigenvalue weighted by Crippen LogP contribution is 2.23. The van der Waals surface area contributed by atoms with Crippen LogP contribution in [-0.4, -0.2) is 20.2 Å². The van der Waals surface area contributed by atoms with Gasteiger partial charge in [0.05, 0.1) is 14.2 Å². The second-order valence-electron chi connectivity index (χ2n) is 5.01. The Morgan fingerprint density at radius 1 is 1.08 bits per heavy atom. The molecular weight excluding hydrogens is 308 g/mol. The molecule has 5 heteroatoms. The average molecular weight is 328 g/mol. The van der Waals surface area contributed by atoms with Crippen molar-refractivity contribution in [2.24, 2.45) is 0 Å². The summed E-state index contributed by atoms with van der Waals surface area (Å²) in [6.45, 7) is 2.28. The molecule has 0 aliphatic heterocycles. The predicted molar refractivity (Wildman–Crippen MR) is 89.7 cm³/mol. The molecular formula is C19H20O5. The van der Waals surface area contributed by atoms with Gasteiger partial charge in [-0.15, -0.1) is 0 Å². The summed E-state index contributed by atoms with van der Waals surface area (Å²) in [7, 11) is 2.72. The molecule has 0 aromatic heterocycles. The van der Waals surface area contributed by atoms with E-state index in [1.807, 2.05) is 55.5 Å². The van der Waals surface area contributed by atoms with Crippen LogP contribution in [0.25, 0.3) is 0 Å². The van der Waals surface area contributed by atoms with E-state index in [1.54, 1.807) is 0 Å². The van der Waals surface area contributed by atoms with Crippen molar-refractivity contribution >= 4 is 5.97 Å². The number of esters is 1. The van der Waals surface area contributed by atoms with Crippen LogP contribution in [0.15, 0.2) is 60.6 Å². The lowest BCUT2D eigenvalue weighted by atomic mass is 10.1. The van der Waals surface area contributed by atoms with Crippen molar-refractivity contribution in [1.82, 2.24) is 0 Å². The molecule has 0 atom stereocenters. The highest BCUT2D eigenvalue weighted by molar-refractivity contribution is 5.86. The molecule has 0 saturated heterocycles. The van der Waals surface area contributed by atoms with Crippen molar-refractivity contribution in [2.45, 2.75) is 13.5 Å². The number of rotatable bonds is 7. The van der Waals surface area contributed by atoms with E-state index >= 15 is 0 Å². The second kappa shape index (κ2) is 8.62. The summed E-state index contributed by atoms with van der Waals surface area (Å²) in [5.41, 5.74) is 1.80. The summed E-state index contributed by atoms with van der Waals surface area (Å²) in [5, 5.41) is 0. The van der Waals surface area contributed by atoms with Crippen LogP contribution in [0.2, 0.25) is 0 Å². The molecule has 0 spiro atoms. The van der Waals surface area contributed by atoms with E-state index < -0.39 is 5.97 Å². The van der Waals surface area contributed by atoms with Crippen LogP contribution in [0.3, 0.4) is 0 Å². The highest BCUT2D eigenvalue weighted by atomic mass is 16.6. The van der Waals surface area contributed by atoms with Crippen LogP contribution < -0.4 is 9.47 Å². The fraction of sp³-hybridized carbons (Fsp3) is 0.211. The van der Waals surface area contributed by atoms with Gasteiger partial charge in [-0.1, -0.05) is 30.3 Å². The van der Waals surface area contributed by atoms with Crippen molar-refractivity contribution in [3.8, 4) is 11.5 Å². The number of hydrogen-bond donors (Lipinski definition) is 0. The van der Waals surface area contributed by atoms with Gasteiger partial charge in [0.1, 0.15) is 24.4 Å². The van der Waals surface area contributed by atoms with Gasteiger partial charge in [0, 0.05) is 0 Å². The van der Waals surface area contributed by atoms with E-state index in [9.17, 15) is 4.79 Å². The topological polar surface area (TPSA) is 54.0 Å². The molecule has 0 radical (unpaired) electrons. The fourth-order valence-electron chi connectivity index (χ4n) is 1.97. The van der Waals surface area contributed by atoms with Gasteiger partial charge in [-0.3, -0.25) is 0 Å². The molecule has 0 N–H and O–H groups in total. The Hall–Kier alpha value is -2.95. The Morgan fingerprint density at radius 3 is 2.50 bits per heavy atom. The predicted octanol–water partition coefficient (Wildman–Crippen LogP) is 3.61. The number of para-hydroxylation sites is 1. The standard InChI is InChI=1S/C19H20O5/c1-14-9-10-15(12-23-16-7-5-4-6-8-16)11-17(14)24-18(13-21-2)19(20)22-3/h4-11,13H,12H2,1-3H3/b18-13-. The summed E-state index contributed by atoms with van der Waals surface area (Å²) >= 11 is 0. The number of ether oxygens (including phenoxy) is 4. The summed E-state index contributed by atoms with van der Waals surface area (Å²) in [6, 6.07) is 15.2. The number of carbonyl (C=O) groups is 1. The maximum absolute atomic E-state index is 11.7. The number of hydrogen-bond acceptors (Lipinski definition) is 5. The first-order valence-electron chi connectivity index (χ1n) is 7.40. The zero-order valence-electron chi connectivity index (χ0n) is 13.9. The zero-order valence-corrected chi connectivity index (χ0v) is 13.9. The van der Waals surface area contributed by atoms with Crippen LogP contribution in [0.4, 0.5) is 0 Å². The maximum atomic E-state index is 11.7. The van der Waals surface area contributed by atoms with Crippen LogP contribution in [-0.2, 0) is 20.9 Å². The number of benzene rings is 2. The lowest BCUT2D eigenvalue weighted by Gasteiger charge is -2.12. The van der Waals surface area contributed by atoms with Gasteiger partial charge in [0.15, 0.2) is 0 Å². The van der Waals surface area contributed by atoms with Gasteiger partial charge >= 0.3 is 5.97 Å². The molecule has 126 valence electrons. The van der Waals surface area contributed by atoms with Gasteiger partial charge in [-0.2, -0.15) is 0 Å². The van der Waals surface area contributed by atoms with Crippen LogP contribution in [0, 0.1) is 6.92 Å². The van der Waals surface area contributed by atoms with Gasteiger partial charge in [0.25, 0.3) is 0 Å². The molecule has 0 saturated carbocycles. The molecule has 0 heterocycles. The third kappa shape index (κ3) is 4.78. The van der Waals surface area contributed by atoms with E-state index in [-0.39, 0.29) is 5.76 Å². The molecule has 0 bridgehead atoms. The number of carbonyl (C=O) groups excluding carboxylic acids is 1. The average Bonchev–Trinajstić information content (AvgIpc) is 2.62. The molecule has 0 unspecified atom stereocenters. The lowest BCUT2D eigenvalue weighted by molar-refractivity contribution is -0.138. The highest BCUT2D eigenvalue weighted by Gasteiger charge is 2.15. The minimum absolute atomic E-state index is 0.0239. The Bertz CT molecular complexity index is 707. The molecule has 2 rings (SSSR count). The third-order valence-electron chi connectivity index (χ3n) is 3.23. The lowest BCUT2D eigenvalue weighted by Crippen LogP contribution is -2.12.